The van der Waals surface area contributed by atoms with Gasteiger partial charge in [-0.15, -0.1) is 0 Å². The standard InChI is InChI=1S/2C9H7N3O2.Cu.4H2O/c2*13-9(14)7-1-3-8(4-2-7)12-6-10-5-11-12;;;;;/h2*1-6H,(H,13,14);;4*1H2/q;;+2;;;;. The van der Waals surface area contributed by atoms with Gasteiger partial charge in [0.25, 0.3) is 0 Å². The number of rotatable bonds is 4. The van der Waals surface area contributed by atoms with Gasteiger partial charge in [0.15, 0.2) is 0 Å². The van der Waals surface area contributed by atoms with Crippen LogP contribution < -0.4 is 10.2 Å². The first kappa shape index (κ1) is 33.7. The van der Waals surface area contributed by atoms with Crippen molar-refractivity contribution in [3.8, 4) is 11.4 Å². The fraction of sp³-hybridized carbons (Fsp3) is 0. The average Bonchev–Trinajstić information content (AvgIpc) is 3.43. The van der Waals surface area contributed by atoms with Gasteiger partial charge in [0.05, 0.1) is 23.3 Å². The molecular weight excluding hydrogens is 492 g/mol. The molecule has 0 aliphatic rings. The molecular formula is C18H22CuN6O8+2. The molecule has 2 heterocycles. The molecule has 0 aliphatic heterocycles. The maximum absolute atomic E-state index is 10.5. The number of hydrogen-bond donors (Lipinski definition) is 0. The van der Waals surface area contributed by atoms with Gasteiger partial charge in [-0.05, 0) is 35.4 Å². The topological polar surface area (TPSA) is 271 Å². The van der Waals surface area contributed by atoms with Crippen LogP contribution in [0.4, 0.5) is 0 Å². The molecule has 181 valence electrons. The Bertz CT molecular complexity index is 971. The van der Waals surface area contributed by atoms with Crippen LogP contribution in [-0.2, 0) is 28.0 Å². The van der Waals surface area contributed by atoms with Gasteiger partial charge in [0, 0.05) is 0 Å². The minimum absolute atomic E-state index is 0. The molecule has 2 aromatic heterocycles. The normalized spacial score (nSPS) is 8.48. The van der Waals surface area contributed by atoms with E-state index in [1.165, 1.54) is 49.6 Å². The Morgan fingerprint density at radius 3 is 1.15 bits per heavy atom. The monoisotopic (exact) mass is 513 g/mol. The van der Waals surface area contributed by atoms with Crippen LogP contribution in [0.5, 0.6) is 0 Å². The van der Waals surface area contributed by atoms with Gasteiger partial charge in [-0.25, -0.2) is 19.3 Å². The van der Waals surface area contributed by atoms with E-state index in [-0.39, 0.29) is 50.1 Å². The van der Waals surface area contributed by atoms with E-state index in [1.54, 1.807) is 33.6 Å². The smallest absolute Gasteiger partial charge is 0.545 e. The summed E-state index contributed by atoms with van der Waals surface area (Å²) >= 11 is 0. The van der Waals surface area contributed by atoms with Crippen molar-refractivity contribution in [1.82, 2.24) is 29.5 Å². The molecule has 1 radical (unpaired) electrons. The van der Waals surface area contributed by atoms with Gasteiger partial charge in [-0.1, -0.05) is 24.3 Å². The van der Waals surface area contributed by atoms with E-state index in [9.17, 15) is 19.8 Å². The first-order valence-electron chi connectivity index (χ1n) is 7.87. The van der Waals surface area contributed by atoms with Crippen LogP contribution in [0.2, 0.25) is 0 Å². The third-order valence-electron chi connectivity index (χ3n) is 3.57. The summed E-state index contributed by atoms with van der Waals surface area (Å²) in [7, 11) is 0. The molecule has 10 N–H and O–H groups in total. The molecule has 0 bridgehead atoms. The molecule has 15 heteroatoms. The Labute approximate surface area is 196 Å². The zero-order valence-electron chi connectivity index (χ0n) is 16.7. The van der Waals surface area contributed by atoms with Gasteiger partial charge in [0.2, 0.25) is 0 Å². The largest absolute Gasteiger partial charge is 2.00 e. The van der Waals surface area contributed by atoms with Crippen molar-refractivity contribution < 1.29 is 58.8 Å². The fourth-order valence-corrected chi connectivity index (χ4v) is 2.18. The summed E-state index contributed by atoms with van der Waals surface area (Å²) in [5.41, 5.74) is 1.81. The maximum atomic E-state index is 10.5. The maximum Gasteiger partial charge on any atom is 2.00 e. The minimum Gasteiger partial charge on any atom is -0.545 e. The second-order valence-corrected chi connectivity index (χ2v) is 5.35. The van der Waals surface area contributed by atoms with Crippen molar-refractivity contribution in [3.05, 3.63) is 85.0 Å². The van der Waals surface area contributed by atoms with Crippen molar-refractivity contribution in [2.45, 2.75) is 0 Å². The summed E-state index contributed by atoms with van der Waals surface area (Å²) in [6.45, 7) is 0. The van der Waals surface area contributed by atoms with E-state index in [0.717, 1.165) is 11.4 Å². The van der Waals surface area contributed by atoms with E-state index < -0.39 is 11.9 Å². The van der Waals surface area contributed by atoms with Crippen LogP contribution in [0, 0.1) is 0 Å². The Morgan fingerprint density at radius 2 is 0.939 bits per heavy atom. The van der Waals surface area contributed by atoms with Gasteiger partial charge >= 0.3 is 17.1 Å². The molecule has 0 saturated carbocycles. The summed E-state index contributed by atoms with van der Waals surface area (Å²) < 4.78 is 3.08. The number of carbonyl (C=O) groups excluding carboxylic acids is 2. The van der Waals surface area contributed by atoms with Crippen LogP contribution in [0.25, 0.3) is 11.4 Å². The molecule has 14 nitrogen and oxygen atoms in total. The van der Waals surface area contributed by atoms with Crippen LogP contribution in [0.1, 0.15) is 20.7 Å². The Morgan fingerprint density at radius 1 is 0.636 bits per heavy atom. The second-order valence-electron chi connectivity index (χ2n) is 5.35. The van der Waals surface area contributed by atoms with Crippen molar-refractivity contribution in [3.63, 3.8) is 0 Å². The van der Waals surface area contributed by atoms with E-state index >= 15 is 0 Å². The summed E-state index contributed by atoms with van der Waals surface area (Å²) in [4.78, 5) is 28.5. The predicted molar refractivity (Wildman–Crippen MR) is 108 cm³/mol. The van der Waals surface area contributed by atoms with E-state index in [4.69, 9.17) is 0 Å². The molecule has 0 atom stereocenters. The van der Waals surface area contributed by atoms with E-state index in [2.05, 4.69) is 20.2 Å². The Hall–Kier alpha value is -3.98. The number of aromatic nitrogens is 6. The van der Waals surface area contributed by atoms with Gasteiger partial charge in [-0.3, -0.25) is 0 Å². The molecule has 0 aliphatic carbocycles. The van der Waals surface area contributed by atoms with Crippen LogP contribution in [0.3, 0.4) is 0 Å². The molecule has 0 unspecified atom stereocenters. The molecule has 0 saturated heterocycles. The summed E-state index contributed by atoms with van der Waals surface area (Å²) in [6, 6.07) is 12.4. The van der Waals surface area contributed by atoms with Crippen molar-refractivity contribution in [2.75, 3.05) is 0 Å². The SMILES string of the molecule is O.O.O=C([O-])c1ccc(-n2cncn2)cc1.O=C([O-])c1ccc(-n2cncn2)cc1.[Cu+2].[OH3+].[OH3+]. The number of benzene rings is 2. The molecule has 33 heavy (non-hydrogen) atoms. The average molecular weight is 514 g/mol. The van der Waals surface area contributed by atoms with Gasteiger partial charge in [-0.2, -0.15) is 10.2 Å². The molecule has 0 spiro atoms. The predicted octanol–water partition coefficient (Wildman–Crippen LogP) is -4.23. The zero-order valence-corrected chi connectivity index (χ0v) is 17.6. The zero-order chi connectivity index (χ0) is 19.9. The van der Waals surface area contributed by atoms with Crippen LogP contribution in [0.15, 0.2) is 73.8 Å². The Kier molecular flexibility index (Phi) is 16.1. The number of nitrogens with zero attached hydrogens (tertiary/aromatic N) is 6. The minimum atomic E-state index is -1.19. The first-order valence-corrected chi connectivity index (χ1v) is 7.87. The quantitative estimate of drug-likeness (QED) is 0.190. The van der Waals surface area contributed by atoms with Crippen molar-refractivity contribution in [2.24, 2.45) is 0 Å². The second kappa shape index (κ2) is 15.8. The summed E-state index contributed by atoms with van der Waals surface area (Å²) in [5, 5.41) is 28.7. The molecule has 2 aromatic carbocycles. The number of carboxylic acid groups (broad SMARTS) is 2. The number of aromatic carboxylic acids is 2. The van der Waals surface area contributed by atoms with Crippen molar-refractivity contribution >= 4 is 11.9 Å². The Balaban J connectivity index is -0.000000474. The number of hydrogen-bond acceptors (Lipinski definition) is 8. The van der Waals surface area contributed by atoms with Crippen LogP contribution >= 0.6 is 0 Å². The molecule has 4 aromatic rings. The van der Waals surface area contributed by atoms with E-state index in [0.29, 0.717) is 0 Å². The first-order chi connectivity index (χ1) is 13.5. The van der Waals surface area contributed by atoms with Gasteiger partial charge < -0.3 is 41.7 Å². The molecule has 0 fully saturated rings. The van der Waals surface area contributed by atoms with Crippen molar-refractivity contribution in [1.29, 1.82) is 0 Å². The number of carboxylic acids is 2. The third-order valence-corrected chi connectivity index (χ3v) is 3.57. The van der Waals surface area contributed by atoms with E-state index in [1.807, 2.05) is 0 Å². The molecule has 4 rings (SSSR count). The fourth-order valence-electron chi connectivity index (χ4n) is 2.18. The summed E-state index contributed by atoms with van der Waals surface area (Å²) in [5.74, 6) is -2.37. The van der Waals surface area contributed by atoms with Crippen LogP contribution in [-0.4, -0.2) is 52.4 Å². The number of carbonyl (C=O) groups is 2. The molecule has 0 amide bonds. The third kappa shape index (κ3) is 8.96. The van der Waals surface area contributed by atoms with Gasteiger partial charge in [0.1, 0.15) is 25.3 Å². The summed E-state index contributed by atoms with van der Waals surface area (Å²) in [6.07, 6.45) is 5.89.